The molecule has 1 atom stereocenters. The summed E-state index contributed by atoms with van der Waals surface area (Å²) in [6, 6.07) is 0.234. The van der Waals surface area contributed by atoms with Crippen LogP contribution in [-0.2, 0) is 6.42 Å². The highest BCUT2D eigenvalue weighted by molar-refractivity contribution is 7.15. The van der Waals surface area contributed by atoms with Crippen LogP contribution in [0.5, 0.6) is 0 Å². The molecular weight excluding hydrogens is 264 g/mol. The monoisotopic (exact) mass is 282 g/mol. The van der Waals surface area contributed by atoms with E-state index in [4.69, 9.17) is 0 Å². The molecule has 6 heteroatoms. The van der Waals surface area contributed by atoms with Gasteiger partial charge in [-0.1, -0.05) is 25.2 Å². The van der Waals surface area contributed by atoms with Crippen LogP contribution in [0.3, 0.4) is 0 Å². The fourth-order valence-electron chi connectivity index (χ4n) is 1.72. The van der Waals surface area contributed by atoms with Gasteiger partial charge >= 0.3 is 0 Å². The summed E-state index contributed by atoms with van der Waals surface area (Å²) in [5, 5.41) is 13.8. The molecule has 0 aliphatic carbocycles. The van der Waals surface area contributed by atoms with Crippen molar-refractivity contribution < 1.29 is 0 Å². The predicted molar refractivity (Wildman–Crippen MR) is 77.3 cm³/mol. The lowest BCUT2D eigenvalue weighted by Crippen LogP contribution is -2.05. The minimum absolute atomic E-state index is 0.234. The van der Waals surface area contributed by atoms with Gasteiger partial charge in [0.2, 0.25) is 5.13 Å². The van der Waals surface area contributed by atoms with Gasteiger partial charge in [0.05, 0.1) is 17.2 Å². The minimum Gasteiger partial charge on any atom is -0.353 e. The molecule has 1 unspecified atom stereocenters. The van der Waals surface area contributed by atoms with E-state index in [1.165, 1.54) is 4.88 Å². The normalized spacial score (nSPS) is 12.9. The van der Waals surface area contributed by atoms with Crippen molar-refractivity contribution in [3.05, 3.63) is 21.1 Å². The van der Waals surface area contributed by atoms with Crippen LogP contribution in [0.4, 0.5) is 5.13 Å². The number of aryl methyl sites for hydroxylation is 1. The molecule has 1 N–H and O–H groups in total. The summed E-state index contributed by atoms with van der Waals surface area (Å²) in [5.74, 6) is 0.618. The molecule has 98 valence electrons. The molecule has 0 saturated carbocycles. The second kappa shape index (κ2) is 5.75. The highest BCUT2D eigenvalue weighted by atomic mass is 32.1. The summed E-state index contributed by atoms with van der Waals surface area (Å²) in [6.45, 7) is 8.55. The Morgan fingerprint density at radius 3 is 2.67 bits per heavy atom. The Labute approximate surface area is 116 Å². The van der Waals surface area contributed by atoms with Crippen LogP contribution in [0.25, 0.3) is 0 Å². The molecule has 2 rings (SSSR count). The first-order valence-corrected chi connectivity index (χ1v) is 7.74. The zero-order valence-corrected chi connectivity index (χ0v) is 12.7. The van der Waals surface area contributed by atoms with Crippen molar-refractivity contribution in [2.24, 2.45) is 5.92 Å². The molecule has 2 aromatic heterocycles. The van der Waals surface area contributed by atoms with Gasteiger partial charge in [-0.3, -0.25) is 0 Å². The third-order valence-corrected chi connectivity index (χ3v) is 4.56. The number of rotatable bonds is 5. The molecule has 0 saturated heterocycles. The maximum absolute atomic E-state index is 4.27. The molecule has 0 radical (unpaired) electrons. The Bertz CT molecular complexity index is 504. The maximum Gasteiger partial charge on any atom is 0.206 e. The van der Waals surface area contributed by atoms with E-state index in [1.807, 2.05) is 12.4 Å². The highest BCUT2D eigenvalue weighted by Crippen LogP contribution is 2.27. The van der Waals surface area contributed by atoms with E-state index in [9.17, 15) is 0 Å². The number of nitrogens with zero attached hydrogens (tertiary/aromatic N) is 3. The largest absolute Gasteiger partial charge is 0.353 e. The molecule has 0 bridgehead atoms. The van der Waals surface area contributed by atoms with E-state index in [0.29, 0.717) is 5.92 Å². The topological polar surface area (TPSA) is 50.7 Å². The van der Waals surface area contributed by atoms with E-state index >= 15 is 0 Å². The Morgan fingerprint density at radius 2 is 2.06 bits per heavy atom. The van der Waals surface area contributed by atoms with Gasteiger partial charge < -0.3 is 5.32 Å². The number of nitrogens with one attached hydrogen (secondary N) is 1. The summed E-state index contributed by atoms with van der Waals surface area (Å²) < 4.78 is 0. The van der Waals surface area contributed by atoms with E-state index in [-0.39, 0.29) is 6.04 Å². The van der Waals surface area contributed by atoms with Crippen LogP contribution < -0.4 is 5.32 Å². The van der Waals surface area contributed by atoms with Crippen molar-refractivity contribution in [3.63, 3.8) is 0 Å². The number of thiazole rings is 1. The van der Waals surface area contributed by atoms with Crippen LogP contribution in [0.15, 0.2) is 5.51 Å². The average Bonchev–Trinajstić information content (AvgIpc) is 2.87. The summed E-state index contributed by atoms with van der Waals surface area (Å²) >= 11 is 3.32. The Balaban J connectivity index is 2.01. The van der Waals surface area contributed by atoms with Crippen LogP contribution in [0.1, 0.15) is 42.4 Å². The molecule has 2 aromatic rings. The van der Waals surface area contributed by atoms with Gasteiger partial charge in [0.15, 0.2) is 0 Å². The van der Waals surface area contributed by atoms with Gasteiger partial charge in [-0.2, -0.15) is 0 Å². The van der Waals surface area contributed by atoms with Crippen LogP contribution >= 0.6 is 22.7 Å². The predicted octanol–water partition coefficient (Wildman–Crippen LogP) is 3.67. The van der Waals surface area contributed by atoms with Gasteiger partial charge in [0, 0.05) is 11.3 Å². The molecule has 0 aliphatic rings. The Kier molecular flexibility index (Phi) is 4.29. The molecule has 0 fully saturated rings. The summed E-state index contributed by atoms with van der Waals surface area (Å²) in [7, 11) is 0. The number of hydrogen-bond acceptors (Lipinski definition) is 6. The molecule has 0 aliphatic heterocycles. The van der Waals surface area contributed by atoms with E-state index in [2.05, 4.69) is 41.3 Å². The summed E-state index contributed by atoms with van der Waals surface area (Å²) in [6.07, 6.45) is 0.993. The van der Waals surface area contributed by atoms with Crippen molar-refractivity contribution in [3.8, 4) is 0 Å². The SMILES string of the molecule is Cc1ncsc1C(C)Nc1nnc(CC(C)C)s1. The summed E-state index contributed by atoms with van der Waals surface area (Å²) in [4.78, 5) is 5.53. The van der Waals surface area contributed by atoms with Crippen molar-refractivity contribution in [2.75, 3.05) is 5.32 Å². The Hall–Kier alpha value is -1.01. The van der Waals surface area contributed by atoms with Crippen molar-refractivity contribution in [1.82, 2.24) is 15.2 Å². The van der Waals surface area contributed by atoms with E-state index in [0.717, 1.165) is 22.3 Å². The van der Waals surface area contributed by atoms with Crippen molar-refractivity contribution >= 4 is 27.8 Å². The molecular formula is C12H18N4S2. The quantitative estimate of drug-likeness (QED) is 0.909. The smallest absolute Gasteiger partial charge is 0.206 e. The fourth-order valence-corrected chi connectivity index (χ4v) is 3.57. The standard InChI is InChI=1S/C12H18N4S2/c1-7(2)5-10-15-16-12(18-10)14-9(4)11-8(3)13-6-17-11/h6-7,9H,5H2,1-4H3,(H,14,16). The molecule has 0 aromatic carbocycles. The number of anilines is 1. The zero-order chi connectivity index (χ0) is 13.1. The van der Waals surface area contributed by atoms with Crippen LogP contribution in [0, 0.1) is 12.8 Å². The van der Waals surface area contributed by atoms with Gasteiger partial charge in [-0.25, -0.2) is 4.98 Å². The first-order valence-electron chi connectivity index (χ1n) is 6.05. The minimum atomic E-state index is 0.234. The van der Waals surface area contributed by atoms with Gasteiger partial charge in [-0.15, -0.1) is 21.5 Å². The first kappa shape index (κ1) is 13.4. The molecule has 18 heavy (non-hydrogen) atoms. The zero-order valence-electron chi connectivity index (χ0n) is 11.1. The Morgan fingerprint density at radius 1 is 1.28 bits per heavy atom. The first-order chi connectivity index (χ1) is 8.56. The van der Waals surface area contributed by atoms with Gasteiger partial charge in [-0.05, 0) is 19.8 Å². The second-order valence-corrected chi connectivity index (χ2v) is 6.72. The third kappa shape index (κ3) is 3.26. The van der Waals surface area contributed by atoms with Gasteiger partial charge in [0.25, 0.3) is 0 Å². The number of aromatic nitrogens is 3. The molecule has 4 nitrogen and oxygen atoms in total. The lowest BCUT2D eigenvalue weighted by Gasteiger charge is -2.10. The van der Waals surface area contributed by atoms with E-state index in [1.54, 1.807) is 22.7 Å². The molecule has 0 spiro atoms. The third-order valence-electron chi connectivity index (χ3n) is 2.57. The molecule has 2 heterocycles. The van der Waals surface area contributed by atoms with Crippen molar-refractivity contribution in [2.45, 2.75) is 40.2 Å². The van der Waals surface area contributed by atoms with Crippen LogP contribution in [0.2, 0.25) is 0 Å². The fraction of sp³-hybridized carbons (Fsp3) is 0.583. The lowest BCUT2D eigenvalue weighted by molar-refractivity contribution is 0.640. The van der Waals surface area contributed by atoms with E-state index < -0.39 is 0 Å². The summed E-state index contributed by atoms with van der Waals surface area (Å²) in [5.41, 5.74) is 2.97. The molecule has 0 amide bonds. The van der Waals surface area contributed by atoms with Crippen LogP contribution in [-0.4, -0.2) is 15.2 Å². The average molecular weight is 282 g/mol. The second-order valence-electron chi connectivity index (χ2n) is 4.77. The lowest BCUT2D eigenvalue weighted by atomic mass is 10.1. The van der Waals surface area contributed by atoms with Crippen molar-refractivity contribution in [1.29, 1.82) is 0 Å². The number of hydrogen-bond donors (Lipinski definition) is 1. The highest BCUT2D eigenvalue weighted by Gasteiger charge is 2.13. The van der Waals surface area contributed by atoms with Gasteiger partial charge in [0.1, 0.15) is 5.01 Å². The maximum atomic E-state index is 4.27.